The number of carbonyl (C=O) groups excluding carboxylic acids is 2. The number of hydrogen-bond donors (Lipinski definition) is 0. The fourth-order valence-electron chi connectivity index (χ4n) is 3.63. The smallest absolute Gasteiger partial charge is 0.257 e. The number of aliphatic imine (C=N–C) groups is 1. The Morgan fingerprint density at radius 2 is 1.67 bits per heavy atom. The Morgan fingerprint density at radius 3 is 2.30 bits per heavy atom. The number of hydrogen-bond acceptors (Lipinski definition) is 5. The summed E-state index contributed by atoms with van der Waals surface area (Å²) in [5.74, 6) is -0.157. The number of amides is 1. The topological polar surface area (TPSA) is 62.2 Å². The minimum absolute atomic E-state index is 0.0273. The second-order valence-corrected chi connectivity index (χ2v) is 9.65. The highest BCUT2D eigenvalue weighted by Crippen LogP contribution is 2.39. The molecule has 0 saturated carbocycles. The lowest BCUT2D eigenvalue weighted by Gasteiger charge is -2.34. The lowest BCUT2D eigenvalue weighted by atomic mass is 9.73. The SMILES string of the molecule is CN(C)C=NC(=O)C1(c2cccc(Sc3ccc(C(=O)/C=C/N(C)C)cc3)c2)CCOCC1. The van der Waals surface area contributed by atoms with E-state index in [4.69, 9.17) is 4.74 Å². The first kappa shape index (κ1) is 24.7. The van der Waals surface area contributed by atoms with Gasteiger partial charge in [-0.15, -0.1) is 0 Å². The van der Waals surface area contributed by atoms with E-state index in [9.17, 15) is 9.59 Å². The molecule has 1 aliphatic heterocycles. The minimum atomic E-state index is -0.670. The van der Waals surface area contributed by atoms with E-state index < -0.39 is 5.41 Å². The molecule has 2 aromatic carbocycles. The van der Waals surface area contributed by atoms with E-state index in [1.54, 1.807) is 35.3 Å². The van der Waals surface area contributed by atoms with Crippen molar-refractivity contribution >= 4 is 29.8 Å². The van der Waals surface area contributed by atoms with Crippen LogP contribution in [0.15, 0.2) is 75.6 Å². The Labute approximate surface area is 200 Å². The van der Waals surface area contributed by atoms with Gasteiger partial charge in [0, 0.05) is 69.0 Å². The van der Waals surface area contributed by atoms with Gasteiger partial charge in [-0.05, 0) is 54.8 Å². The molecule has 1 fully saturated rings. The molecule has 7 heteroatoms. The van der Waals surface area contributed by atoms with Gasteiger partial charge in [0.2, 0.25) is 0 Å². The van der Waals surface area contributed by atoms with Crippen LogP contribution in [0.1, 0.15) is 28.8 Å². The van der Waals surface area contributed by atoms with E-state index in [2.05, 4.69) is 11.1 Å². The zero-order valence-electron chi connectivity index (χ0n) is 19.7. The Bertz CT molecular complexity index is 1020. The predicted molar refractivity (Wildman–Crippen MR) is 133 cm³/mol. The normalized spacial score (nSPS) is 15.6. The monoisotopic (exact) mass is 465 g/mol. The first-order valence-corrected chi connectivity index (χ1v) is 11.7. The molecule has 0 aliphatic carbocycles. The van der Waals surface area contributed by atoms with Gasteiger partial charge in [0.05, 0.1) is 11.8 Å². The zero-order valence-corrected chi connectivity index (χ0v) is 20.5. The van der Waals surface area contributed by atoms with Crippen LogP contribution >= 0.6 is 11.8 Å². The molecule has 0 atom stereocenters. The highest BCUT2D eigenvalue weighted by Gasteiger charge is 2.41. The van der Waals surface area contributed by atoms with Gasteiger partial charge in [0.25, 0.3) is 5.91 Å². The number of allylic oxidation sites excluding steroid dienone is 1. The van der Waals surface area contributed by atoms with Crippen LogP contribution in [0.4, 0.5) is 0 Å². The van der Waals surface area contributed by atoms with Crippen molar-refractivity contribution in [1.29, 1.82) is 0 Å². The van der Waals surface area contributed by atoms with Crippen LogP contribution in [0.2, 0.25) is 0 Å². The second-order valence-electron chi connectivity index (χ2n) is 8.51. The summed E-state index contributed by atoms with van der Waals surface area (Å²) in [6.45, 7) is 1.08. The molecule has 1 aliphatic rings. The molecule has 1 saturated heterocycles. The van der Waals surface area contributed by atoms with Crippen molar-refractivity contribution in [1.82, 2.24) is 9.80 Å². The molecule has 0 unspecified atom stereocenters. The van der Waals surface area contributed by atoms with Crippen molar-refractivity contribution in [3.63, 3.8) is 0 Å². The van der Waals surface area contributed by atoms with Gasteiger partial charge < -0.3 is 14.5 Å². The van der Waals surface area contributed by atoms with Crippen molar-refractivity contribution in [2.75, 3.05) is 41.4 Å². The summed E-state index contributed by atoms with van der Waals surface area (Å²) in [5, 5.41) is 0. The number of ether oxygens (including phenoxy) is 1. The van der Waals surface area contributed by atoms with E-state index in [1.807, 2.05) is 75.6 Å². The summed E-state index contributed by atoms with van der Waals surface area (Å²) in [5.41, 5.74) is 0.949. The maximum absolute atomic E-state index is 13.2. The molecule has 6 nitrogen and oxygen atoms in total. The maximum atomic E-state index is 13.2. The Kier molecular flexibility index (Phi) is 8.47. The van der Waals surface area contributed by atoms with Crippen molar-refractivity contribution < 1.29 is 14.3 Å². The Morgan fingerprint density at radius 1 is 0.970 bits per heavy atom. The first-order valence-electron chi connectivity index (χ1n) is 10.9. The summed E-state index contributed by atoms with van der Waals surface area (Å²) in [6.07, 6.45) is 6.10. The molecule has 0 bridgehead atoms. The van der Waals surface area contributed by atoms with Gasteiger partial charge in [0.15, 0.2) is 5.78 Å². The molecule has 0 radical (unpaired) electrons. The van der Waals surface area contributed by atoms with Crippen molar-refractivity contribution in [2.24, 2.45) is 4.99 Å². The number of carbonyl (C=O) groups is 2. The standard InChI is InChI=1S/C26H31N3O3S/c1-28(2)15-12-24(30)20-8-10-22(11-9-20)33-23-7-5-6-21(18-23)26(13-16-32-17-14-26)25(31)27-19-29(3)4/h5-12,15,18-19H,13-14,16-17H2,1-4H3/b15-12+,27-19?. The van der Waals surface area contributed by atoms with Gasteiger partial charge in [-0.2, -0.15) is 0 Å². The molecule has 3 rings (SSSR count). The fraction of sp³-hybridized carbons (Fsp3) is 0.346. The van der Waals surface area contributed by atoms with Crippen LogP contribution in [0, 0.1) is 0 Å². The van der Waals surface area contributed by atoms with Gasteiger partial charge in [-0.3, -0.25) is 9.59 Å². The molecule has 0 spiro atoms. The van der Waals surface area contributed by atoms with Crippen molar-refractivity contribution in [3.8, 4) is 0 Å². The number of nitrogens with zero attached hydrogens (tertiary/aromatic N) is 3. The van der Waals surface area contributed by atoms with E-state index in [-0.39, 0.29) is 11.7 Å². The number of ketones is 1. The van der Waals surface area contributed by atoms with E-state index >= 15 is 0 Å². The van der Waals surface area contributed by atoms with Crippen molar-refractivity contribution in [3.05, 3.63) is 71.9 Å². The minimum Gasteiger partial charge on any atom is -0.383 e. The number of benzene rings is 2. The van der Waals surface area contributed by atoms with Crippen LogP contribution in [0.25, 0.3) is 0 Å². The second kappa shape index (κ2) is 11.3. The lowest BCUT2D eigenvalue weighted by Crippen LogP contribution is -2.41. The van der Waals surface area contributed by atoms with E-state index in [1.165, 1.54) is 0 Å². The fourth-order valence-corrected chi connectivity index (χ4v) is 4.51. The summed E-state index contributed by atoms with van der Waals surface area (Å²) in [4.78, 5) is 35.3. The summed E-state index contributed by atoms with van der Waals surface area (Å²) >= 11 is 1.61. The van der Waals surface area contributed by atoms with Crippen LogP contribution < -0.4 is 0 Å². The Hall–Kier alpha value is -2.90. The third kappa shape index (κ3) is 6.55. The van der Waals surface area contributed by atoms with Crippen molar-refractivity contribution in [2.45, 2.75) is 28.0 Å². The van der Waals surface area contributed by atoms with Crippen LogP contribution in [0.3, 0.4) is 0 Å². The maximum Gasteiger partial charge on any atom is 0.257 e. The lowest BCUT2D eigenvalue weighted by molar-refractivity contribution is -0.126. The van der Waals surface area contributed by atoms with E-state index in [0.29, 0.717) is 31.6 Å². The molecule has 1 amide bonds. The average Bonchev–Trinajstić information content (AvgIpc) is 2.82. The third-order valence-electron chi connectivity index (χ3n) is 5.45. The molecular weight excluding hydrogens is 434 g/mol. The van der Waals surface area contributed by atoms with Crippen LogP contribution in [-0.2, 0) is 14.9 Å². The summed E-state index contributed by atoms with van der Waals surface area (Å²) < 4.78 is 5.55. The zero-order chi connectivity index (χ0) is 23.8. The van der Waals surface area contributed by atoms with Gasteiger partial charge in [-0.25, -0.2) is 4.99 Å². The summed E-state index contributed by atoms with van der Waals surface area (Å²) in [6, 6.07) is 15.7. The predicted octanol–water partition coefficient (Wildman–Crippen LogP) is 4.26. The van der Waals surface area contributed by atoms with Gasteiger partial charge in [-0.1, -0.05) is 23.9 Å². The third-order valence-corrected chi connectivity index (χ3v) is 6.44. The van der Waals surface area contributed by atoms with Gasteiger partial charge in [0.1, 0.15) is 0 Å². The quantitative estimate of drug-likeness (QED) is 0.251. The molecule has 2 aromatic rings. The molecule has 1 heterocycles. The summed E-state index contributed by atoms with van der Waals surface area (Å²) in [7, 11) is 7.46. The molecule has 174 valence electrons. The molecule has 33 heavy (non-hydrogen) atoms. The van der Waals surface area contributed by atoms with Crippen LogP contribution in [-0.4, -0.2) is 69.2 Å². The highest BCUT2D eigenvalue weighted by molar-refractivity contribution is 7.99. The average molecular weight is 466 g/mol. The molecule has 0 N–H and O–H groups in total. The largest absolute Gasteiger partial charge is 0.383 e. The van der Waals surface area contributed by atoms with Gasteiger partial charge >= 0.3 is 0 Å². The Balaban J connectivity index is 1.81. The molecule has 0 aromatic heterocycles. The highest BCUT2D eigenvalue weighted by atomic mass is 32.2. The number of rotatable bonds is 8. The van der Waals surface area contributed by atoms with E-state index in [0.717, 1.165) is 15.4 Å². The van der Waals surface area contributed by atoms with Crippen LogP contribution in [0.5, 0.6) is 0 Å². The first-order chi connectivity index (χ1) is 15.8. The molecular formula is C26H31N3O3S.